The first kappa shape index (κ1) is 22.0. The van der Waals surface area contributed by atoms with Gasteiger partial charge in [-0.3, -0.25) is 4.79 Å². The summed E-state index contributed by atoms with van der Waals surface area (Å²) in [7, 11) is 4.04. The van der Waals surface area contributed by atoms with Crippen molar-refractivity contribution in [3.63, 3.8) is 0 Å². The van der Waals surface area contributed by atoms with E-state index in [1.54, 1.807) is 6.20 Å². The summed E-state index contributed by atoms with van der Waals surface area (Å²) in [4.78, 5) is 22.5. The van der Waals surface area contributed by atoms with Crippen LogP contribution >= 0.6 is 0 Å². The molecule has 0 aliphatic rings. The number of nitrogens with zero attached hydrogens (tertiary/aromatic N) is 5. The first-order valence-corrected chi connectivity index (χ1v) is 10.6. The number of amides is 1. The SMILES string of the molecule is CCCN(CCN(C)C)C(=O)c1cc(-c2cc(C)oc2C)nc2c1cnn2C(C)C. The van der Waals surface area contributed by atoms with E-state index in [0.29, 0.717) is 18.7 Å². The lowest BCUT2D eigenvalue weighted by atomic mass is 10.1. The zero-order chi connectivity index (χ0) is 22.0. The van der Waals surface area contributed by atoms with Crippen molar-refractivity contribution < 1.29 is 9.21 Å². The molecule has 0 fully saturated rings. The molecule has 3 heterocycles. The summed E-state index contributed by atoms with van der Waals surface area (Å²) in [5.41, 5.74) is 3.03. The maximum Gasteiger partial charge on any atom is 0.254 e. The van der Waals surface area contributed by atoms with E-state index in [0.717, 1.165) is 46.8 Å². The zero-order valence-electron chi connectivity index (χ0n) is 19.2. The van der Waals surface area contributed by atoms with Gasteiger partial charge in [0.15, 0.2) is 5.65 Å². The lowest BCUT2D eigenvalue weighted by molar-refractivity contribution is 0.0747. The van der Waals surface area contributed by atoms with Gasteiger partial charge in [0, 0.05) is 31.2 Å². The monoisotopic (exact) mass is 411 g/mol. The number of hydrogen-bond donors (Lipinski definition) is 0. The molecule has 0 radical (unpaired) electrons. The quantitative estimate of drug-likeness (QED) is 0.553. The number of likely N-dealkylation sites (N-methyl/N-ethyl adjacent to an activating group) is 1. The van der Waals surface area contributed by atoms with Crippen LogP contribution in [0, 0.1) is 13.8 Å². The highest BCUT2D eigenvalue weighted by Crippen LogP contribution is 2.30. The molecule has 3 aromatic heterocycles. The number of carbonyl (C=O) groups excluding carboxylic acids is 1. The van der Waals surface area contributed by atoms with Gasteiger partial charge in [0.1, 0.15) is 11.5 Å². The van der Waals surface area contributed by atoms with Crippen LogP contribution in [0.3, 0.4) is 0 Å². The Hall–Kier alpha value is -2.67. The van der Waals surface area contributed by atoms with Crippen LogP contribution in [0.15, 0.2) is 22.7 Å². The molecule has 0 spiro atoms. The molecular weight excluding hydrogens is 378 g/mol. The highest BCUT2D eigenvalue weighted by molar-refractivity contribution is 6.06. The van der Waals surface area contributed by atoms with Crippen molar-refractivity contribution in [1.82, 2.24) is 24.6 Å². The molecule has 0 unspecified atom stereocenters. The van der Waals surface area contributed by atoms with Gasteiger partial charge < -0.3 is 14.2 Å². The molecule has 1 amide bonds. The Morgan fingerprint density at radius 2 is 1.90 bits per heavy atom. The minimum absolute atomic E-state index is 0.0218. The lowest BCUT2D eigenvalue weighted by Gasteiger charge is -2.24. The third kappa shape index (κ3) is 4.41. The molecule has 30 heavy (non-hydrogen) atoms. The summed E-state index contributed by atoms with van der Waals surface area (Å²) in [5, 5.41) is 5.32. The average molecular weight is 412 g/mol. The number of hydrogen-bond acceptors (Lipinski definition) is 5. The van der Waals surface area contributed by atoms with Gasteiger partial charge >= 0.3 is 0 Å². The Balaban J connectivity index is 2.16. The van der Waals surface area contributed by atoms with E-state index in [9.17, 15) is 4.79 Å². The van der Waals surface area contributed by atoms with Crippen LogP contribution in [-0.2, 0) is 0 Å². The summed E-state index contributed by atoms with van der Waals surface area (Å²) < 4.78 is 7.61. The van der Waals surface area contributed by atoms with Crippen molar-refractivity contribution in [3.05, 3.63) is 35.4 Å². The molecule has 0 saturated carbocycles. The summed E-state index contributed by atoms with van der Waals surface area (Å²) in [6, 6.07) is 4.01. The number of fused-ring (bicyclic) bond motifs is 1. The van der Waals surface area contributed by atoms with E-state index in [2.05, 4.69) is 30.8 Å². The first-order chi connectivity index (χ1) is 14.2. The van der Waals surface area contributed by atoms with E-state index < -0.39 is 0 Å². The van der Waals surface area contributed by atoms with Crippen LogP contribution in [-0.4, -0.2) is 64.2 Å². The summed E-state index contributed by atoms with van der Waals surface area (Å²) in [6.07, 6.45) is 2.68. The van der Waals surface area contributed by atoms with Gasteiger partial charge in [0.05, 0.1) is 22.8 Å². The van der Waals surface area contributed by atoms with Crippen LogP contribution in [0.1, 0.15) is 55.1 Å². The lowest BCUT2D eigenvalue weighted by Crippen LogP contribution is -2.37. The Kier molecular flexibility index (Phi) is 6.61. The summed E-state index contributed by atoms with van der Waals surface area (Å²) >= 11 is 0. The predicted molar refractivity (Wildman–Crippen MR) is 120 cm³/mol. The Bertz CT molecular complexity index is 1030. The highest BCUT2D eigenvalue weighted by atomic mass is 16.3. The molecule has 162 valence electrons. The van der Waals surface area contributed by atoms with Gasteiger partial charge in [-0.25, -0.2) is 9.67 Å². The third-order valence-electron chi connectivity index (χ3n) is 5.20. The molecule has 0 atom stereocenters. The Morgan fingerprint density at radius 3 is 2.47 bits per heavy atom. The number of pyridine rings is 1. The highest BCUT2D eigenvalue weighted by Gasteiger charge is 2.23. The minimum Gasteiger partial charge on any atom is -0.466 e. The molecule has 3 aromatic rings. The fourth-order valence-corrected chi connectivity index (χ4v) is 3.67. The minimum atomic E-state index is 0.0218. The second-order valence-corrected chi connectivity index (χ2v) is 8.40. The molecule has 3 rings (SSSR count). The van der Waals surface area contributed by atoms with Crippen LogP contribution in [0.25, 0.3) is 22.3 Å². The predicted octanol–water partition coefficient (Wildman–Crippen LogP) is 4.30. The average Bonchev–Trinajstić information content (AvgIpc) is 3.26. The second kappa shape index (κ2) is 9.00. The van der Waals surface area contributed by atoms with Gasteiger partial charge in [-0.05, 0) is 60.3 Å². The van der Waals surface area contributed by atoms with Crippen molar-refractivity contribution in [2.24, 2.45) is 0 Å². The number of carbonyl (C=O) groups is 1. The molecular formula is C23H33N5O2. The maximum atomic E-state index is 13.6. The van der Waals surface area contributed by atoms with Crippen LogP contribution < -0.4 is 0 Å². The fourth-order valence-electron chi connectivity index (χ4n) is 3.67. The molecule has 0 N–H and O–H groups in total. The third-order valence-corrected chi connectivity index (χ3v) is 5.20. The summed E-state index contributed by atoms with van der Waals surface area (Å²) in [5.74, 6) is 1.65. The van der Waals surface area contributed by atoms with Crippen molar-refractivity contribution in [3.8, 4) is 11.3 Å². The van der Waals surface area contributed by atoms with Gasteiger partial charge in [-0.1, -0.05) is 6.92 Å². The molecule has 0 aliphatic heterocycles. The van der Waals surface area contributed by atoms with E-state index in [1.807, 2.05) is 49.7 Å². The van der Waals surface area contributed by atoms with Crippen molar-refractivity contribution >= 4 is 16.9 Å². The molecule has 7 heteroatoms. The molecule has 0 saturated heterocycles. The van der Waals surface area contributed by atoms with Crippen molar-refractivity contribution in [2.45, 2.75) is 47.1 Å². The van der Waals surface area contributed by atoms with E-state index in [-0.39, 0.29) is 11.9 Å². The van der Waals surface area contributed by atoms with Gasteiger partial charge in [-0.15, -0.1) is 0 Å². The Morgan fingerprint density at radius 1 is 1.17 bits per heavy atom. The van der Waals surface area contributed by atoms with E-state index in [4.69, 9.17) is 9.40 Å². The van der Waals surface area contributed by atoms with Crippen LogP contribution in [0.2, 0.25) is 0 Å². The zero-order valence-corrected chi connectivity index (χ0v) is 19.2. The van der Waals surface area contributed by atoms with Crippen LogP contribution in [0.4, 0.5) is 0 Å². The number of rotatable bonds is 8. The van der Waals surface area contributed by atoms with Gasteiger partial charge in [0.25, 0.3) is 5.91 Å². The maximum absolute atomic E-state index is 13.6. The van der Waals surface area contributed by atoms with Gasteiger partial charge in [0.2, 0.25) is 0 Å². The molecule has 7 nitrogen and oxygen atoms in total. The largest absolute Gasteiger partial charge is 0.466 e. The van der Waals surface area contributed by atoms with Crippen molar-refractivity contribution in [1.29, 1.82) is 0 Å². The van der Waals surface area contributed by atoms with Crippen molar-refractivity contribution in [2.75, 3.05) is 33.7 Å². The number of furan rings is 1. The first-order valence-electron chi connectivity index (χ1n) is 10.6. The molecule has 0 aromatic carbocycles. The normalized spacial score (nSPS) is 11.8. The number of aryl methyl sites for hydroxylation is 2. The summed E-state index contributed by atoms with van der Waals surface area (Å²) in [6.45, 7) is 12.3. The fraction of sp³-hybridized carbons (Fsp3) is 0.522. The molecule has 0 aliphatic carbocycles. The van der Waals surface area contributed by atoms with Gasteiger partial charge in [-0.2, -0.15) is 5.10 Å². The smallest absolute Gasteiger partial charge is 0.254 e. The Labute approximate surface area is 178 Å². The standard InChI is InChI=1S/C23H33N5O2/c1-8-9-27(11-10-26(6)7)23(29)19-13-21(18-12-16(4)30-17(18)5)25-22-20(19)14-24-28(22)15(2)3/h12-15H,8-11H2,1-7H3. The van der Waals surface area contributed by atoms with E-state index in [1.165, 1.54) is 0 Å². The second-order valence-electron chi connectivity index (χ2n) is 8.40. The topological polar surface area (TPSA) is 67.4 Å². The number of aromatic nitrogens is 3. The van der Waals surface area contributed by atoms with E-state index >= 15 is 0 Å². The van der Waals surface area contributed by atoms with Crippen LogP contribution in [0.5, 0.6) is 0 Å². The molecule has 0 bridgehead atoms.